The van der Waals surface area contributed by atoms with Crippen molar-refractivity contribution in [1.29, 1.82) is 0 Å². The second-order valence-electron chi connectivity index (χ2n) is 4.35. The van der Waals surface area contributed by atoms with Crippen LogP contribution < -0.4 is 5.32 Å². The standard InChI is InChI=1S/C14H15N3O3/c18-13(12-8-15-9-16-12)17-11(14(19)20)7-6-10-4-2-1-3-5-10/h1-5,8-9,11H,6-7H2,(H,15,16)(H,17,18)(H,19,20)/t11-/m0/s1. The normalized spacial score (nSPS) is 11.8. The summed E-state index contributed by atoms with van der Waals surface area (Å²) in [6.45, 7) is 0. The number of aliphatic carboxylic acids is 1. The van der Waals surface area contributed by atoms with Crippen molar-refractivity contribution >= 4 is 11.9 Å². The summed E-state index contributed by atoms with van der Waals surface area (Å²) < 4.78 is 0. The van der Waals surface area contributed by atoms with Gasteiger partial charge in [-0.25, -0.2) is 9.78 Å². The highest BCUT2D eigenvalue weighted by molar-refractivity contribution is 5.94. The molecule has 1 atom stereocenters. The Bertz CT molecular complexity index is 567. The summed E-state index contributed by atoms with van der Waals surface area (Å²) in [5.74, 6) is -1.52. The molecule has 0 saturated carbocycles. The predicted octanol–water partition coefficient (Wildman–Crippen LogP) is 1.23. The average Bonchev–Trinajstić information content (AvgIpc) is 2.98. The molecular weight excluding hydrogens is 258 g/mol. The Morgan fingerprint density at radius 1 is 1.30 bits per heavy atom. The maximum atomic E-state index is 11.8. The van der Waals surface area contributed by atoms with Gasteiger partial charge in [-0.1, -0.05) is 30.3 Å². The molecule has 6 heteroatoms. The fraction of sp³-hybridized carbons (Fsp3) is 0.214. The van der Waals surface area contributed by atoms with Gasteiger partial charge in [-0.3, -0.25) is 4.79 Å². The van der Waals surface area contributed by atoms with E-state index in [0.717, 1.165) is 5.56 Å². The number of nitrogens with zero attached hydrogens (tertiary/aromatic N) is 1. The van der Waals surface area contributed by atoms with E-state index in [0.29, 0.717) is 12.8 Å². The van der Waals surface area contributed by atoms with Gasteiger partial charge < -0.3 is 15.4 Å². The summed E-state index contributed by atoms with van der Waals surface area (Å²) >= 11 is 0. The van der Waals surface area contributed by atoms with Crippen molar-refractivity contribution in [2.45, 2.75) is 18.9 Å². The number of rotatable bonds is 6. The van der Waals surface area contributed by atoms with Crippen LogP contribution in [0.2, 0.25) is 0 Å². The number of aromatic amines is 1. The van der Waals surface area contributed by atoms with Crippen LogP contribution in [0.3, 0.4) is 0 Å². The van der Waals surface area contributed by atoms with Crippen molar-refractivity contribution < 1.29 is 14.7 Å². The molecule has 0 saturated heterocycles. The maximum absolute atomic E-state index is 11.8. The van der Waals surface area contributed by atoms with Gasteiger partial charge in [0.05, 0.1) is 12.5 Å². The SMILES string of the molecule is O=C(N[C@@H](CCc1ccccc1)C(=O)O)c1cnc[nH]1. The van der Waals surface area contributed by atoms with Crippen LogP contribution in [0.4, 0.5) is 0 Å². The van der Waals surface area contributed by atoms with E-state index in [-0.39, 0.29) is 5.69 Å². The van der Waals surface area contributed by atoms with E-state index >= 15 is 0 Å². The minimum absolute atomic E-state index is 0.246. The molecule has 1 aromatic carbocycles. The number of aromatic nitrogens is 2. The Morgan fingerprint density at radius 2 is 2.05 bits per heavy atom. The quantitative estimate of drug-likeness (QED) is 0.737. The van der Waals surface area contributed by atoms with E-state index in [9.17, 15) is 9.59 Å². The van der Waals surface area contributed by atoms with Crippen LogP contribution in [0, 0.1) is 0 Å². The van der Waals surface area contributed by atoms with Crippen LogP contribution in [0.15, 0.2) is 42.9 Å². The van der Waals surface area contributed by atoms with Crippen molar-refractivity contribution in [3.05, 3.63) is 54.1 Å². The summed E-state index contributed by atoms with van der Waals surface area (Å²) in [4.78, 5) is 29.3. The minimum atomic E-state index is -1.05. The molecule has 0 unspecified atom stereocenters. The lowest BCUT2D eigenvalue weighted by Crippen LogP contribution is -2.41. The third kappa shape index (κ3) is 3.68. The molecule has 1 amide bonds. The second-order valence-corrected chi connectivity index (χ2v) is 4.35. The largest absolute Gasteiger partial charge is 0.480 e. The molecule has 104 valence electrons. The topological polar surface area (TPSA) is 95.1 Å². The molecule has 6 nitrogen and oxygen atoms in total. The lowest BCUT2D eigenvalue weighted by Gasteiger charge is -2.13. The van der Waals surface area contributed by atoms with Crippen molar-refractivity contribution in [2.75, 3.05) is 0 Å². The molecular formula is C14H15N3O3. The Labute approximate surface area is 115 Å². The Balaban J connectivity index is 1.94. The van der Waals surface area contributed by atoms with Crippen molar-refractivity contribution in [3.8, 4) is 0 Å². The first-order valence-electron chi connectivity index (χ1n) is 6.23. The summed E-state index contributed by atoms with van der Waals surface area (Å²) in [5.41, 5.74) is 1.28. The predicted molar refractivity (Wildman–Crippen MR) is 72.2 cm³/mol. The maximum Gasteiger partial charge on any atom is 0.326 e. The Hall–Kier alpha value is -2.63. The molecule has 20 heavy (non-hydrogen) atoms. The molecule has 1 aromatic heterocycles. The number of carboxylic acid groups (broad SMARTS) is 1. The van der Waals surface area contributed by atoms with E-state index in [4.69, 9.17) is 5.11 Å². The molecule has 0 radical (unpaired) electrons. The minimum Gasteiger partial charge on any atom is -0.480 e. The number of amides is 1. The van der Waals surface area contributed by atoms with Gasteiger partial charge in [0.2, 0.25) is 0 Å². The molecule has 2 rings (SSSR count). The summed E-state index contributed by atoms with van der Waals surface area (Å²) in [7, 11) is 0. The molecule has 2 aromatic rings. The first-order valence-corrected chi connectivity index (χ1v) is 6.23. The number of carbonyl (C=O) groups is 2. The number of hydrogen-bond donors (Lipinski definition) is 3. The number of hydrogen-bond acceptors (Lipinski definition) is 3. The van der Waals surface area contributed by atoms with Gasteiger partial charge in [0, 0.05) is 0 Å². The molecule has 0 aliphatic carbocycles. The molecule has 0 spiro atoms. The number of H-pyrrole nitrogens is 1. The van der Waals surface area contributed by atoms with Gasteiger partial charge in [0.15, 0.2) is 0 Å². The highest BCUT2D eigenvalue weighted by Crippen LogP contribution is 2.06. The summed E-state index contributed by atoms with van der Waals surface area (Å²) in [6, 6.07) is 8.62. The fourth-order valence-electron chi connectivity index (χ4n) is 1.83. The van der Waals surface area contributed by atoms with E-state index in [1.54, 1.807) is 0 Å². The molecule has 0 aliphatic heterocycles. The van der Waals surface area contributed by atoms with Gasteiger partial charge in [-0.15, -0.1) is 0 Å². The molecule has 0 aliphatic rings. The van der Waals surface area contributed by atoms with Gasteiger partial charge in [0.25, 0.3) is 5.91 Å². The number of carboxylic acids is 1. The smallest absolute Gasteiger partial charge is 0.326 e. The van der Waals surface area contributed by atoms with E-state index in [1.165, 1.54) is 12.5 Å². The number of imidazole rings is 1. The van der Waals surface area contributed by atoms with Crippen molar-refractivity contribution in [1.82, 2.24) is 15.3 Å². The average molecular weight is 273 g/mol. The van der Waals surface area contributed by atoms with Crippen LogP contribution in [-0.4, -0.2) is 33.0 Å². The van der Waals surface area contributed by atoms with Crippen LogP contribution in [0.25, 0.3) is 0 Å². The number of aryl methyl sites for hydroxylation is 1. The summed E-state index contributed by atoms with van der Waals surface area (Å²) in [6.07, 6.45) is 3.64. The van der Waals surface area contributed by atoms with Gasteiger partial charge in [-0.2, -0.15) is 0 Å². The summed E-state index contributed by atoms with van der Waals surface area (Å²) in [5, 5.41) is 11.6. The molecule has 0 bridgehead atoms. The Kier molecular flexibility index (Phi) is 4.49. The first-order chi connectivity index (χ1) is 9.66. The third-order valence-electron chi connectivity index (χ3n) is 2.91. The number of benzene rings is 1. The fourth-order valence-corrected chi connectivity index (χ4v) is 1.83. The Morgan fingerprint density at radius 3 is 2.65 bits per heavy atom. The monoisotopic (exact) mass is 273 g/mol. The van der Waals surface area contributed by atoms with Gasteiger partial charge in [0.1, 0.15) is 11.7 Å². The molecule has 0 fully saturated rings. The van der Waals surface area contributed by atoms with E-state index in [2.05, 4.69) is 15.3 Å². The number of carbonyl (C=O) groups excluding carboxylic acids is 1. The van der Waals surface area contributed by atoms with Crippen molar-refractivity contribution in [2.24, 2.45) is 0 Å². The highest BCUT2D eigenvalue weighted by Gasteiger charge is 2.20. The van der Waals surface area contributed by atoms with Gasteiger partial charge in [-0.05, 0) is 18.4 Å². The van der Waals surface area contributed by atoms with Crippen LogP contribution in [0.1, 0.15) is 22.5 Å². The molecule has 3 N–H and O–H groups in total. The van der Waals surface area contributed by atoms with E-state index in [1.807, 2.05) is 30.3 Å². The molecule has 1 heterocycles. The zero-order valence-electron chi connectivity index (χ0n) is 10.7. The lowest BCUT2D eigenvalue weighted by atomic mass is 10.1. The first kappa shape index (κ1) is 13.8. The van der Waals surface area contributed by atoms with E-state index < -0.39 is 17.9 Å². The second kappa shape index (κ2) is 6.51. The third-order valence-corrected chi connectivity index (χ3v) is 2.91. The van der Waals surface area contributed by atoms with Crippen LogP contribution in [0.5, 0.6) is 0 Å². The zero-order chi connectivity index (χ0) is 14.4. The highest BCUT2D eigenvalue weighted by atomic mass is 16.4. The number of nitrogens with one attached hydrogen (secondary N) is 2. The van der Waals surface area contributed by atoms with Crippen LogP contribution >= 0.6 is 0 Å². The lowest BCUT2D eigenvalue weighted by molar-refractivity contribution is -0.139. The van der Waals surface area contributed by atoms with Crippen molar-refractivity contribution in [3.63, 3.8) is 0 Å². The zero-order valence-corrected chi connectivity index (χ0v) is 10.7. The van der Waals surface area contributed by atoms with Gasteiger partial charge >= 0.3 is 5.97 Å². The van der Waals surface area contributed by atoms with Crippen LogP contribution in [-0.2, 0) is 11.2 Å².